The second-order valence-corrected chi connectivity index (χ2v) is 2.70. The van der Waals surface area contributed by atoms with Crippen LogP contribution in [0.2, 0.25) is 0 Å². The molecule has 0 aliphatic heterocycles. The summed E-state index contributed by atoms with van der Waals surface area (Å²) in [5.74, 6) is 0. The van der Waals surface area contributed by atoms with E-state index in [0.717, 1.165) is 19.3 Å². The molecule has 0 rings (SSSR count). The monoisotopic (exact) mass is 306 g/mol. The number of hydrogen-bond acceptors (Lipinski definition) is 1. The molecule has 19 heavy (non-hydrogen) atoms. The number of hydrogen-bond donors (Lipinski definition) is 1. The van der Waals surface area contributed by atoms with Crippen molar-refractivity contribution in [3.05, 3.63) is 56.9 Å². The summed E-state index contributed by atoms with van der Waals surface area (Å²) in [4.78, 5) is 0. The molecule has 0 heterocycles. The number of allylic oxidation sites excluding steroid dienone is 4. The Morgan fingerprint density at radius 3 is 1.95 bits per heavy atom. The van der Waals surface area contributed by atoms with Gasteiger partial charge in [-0.15, -0.1) is 6.58 Å². The van der Waals surface area contributed by atoms with E-state index in [1.807, 2.05) is 37.3 Å². The Morgan fingerprint density at radius 2 is 1.58 bits per heavy atom. The zero-order valence-electron chi connectivity index (χ0n) is 10.8. The van der Waals surface area contributed by atoms with Gasteiger partial charge in [0.1, 0.15) is 0 Å². The zero-order valence-corrected chi connectivity index (χ0v) is 11.9. The second kappa shape index (κ2) is 43.6. The van der Waals surface area contributed by atoms with Gasteiger partial charge in [0, 0.05) is 17.1 Å². The first-order chi connectivity index (χ1) is 8.81. The van der Waals surface area contributed by atoms with E-state index in [0.29, 0.717) is 0 Å². The Morgan fingerprint density at radius 1 is 1.11 bits per heavy atom. The maximum atomic E-state index is 9.35. The van der Waals surface area contributed by atoms with Gasteiger partial charge in [0.2, 0.25) is 0 Å². The van der Waals surface area contributed by atoms with E-state index in [9.17, 15) is 5.11 Å². The van der Waals surface area contributed by atoms with Crippen molar-refractivity contribution in [3.8, 4) is 0 Å². The van der Waals surface area contributed by atoms with E-state index >= 15 is 0 Å². The molecule has 1 N–H and O–H groups in total. The Bertz CT molecular complexity index is 250. The SMILES string of the molecule is C=CCCCC(O)/C=C/C=C/C.[C-]#[O+].[C-]#[O+].[C-]#[O+].[Fe]. The molecule has 5 heteroatoms. The van der Waals surface area contributed by atoms with Crippen LogP contribution in [-0.2, 0) is 31.0 Å². The van der Waals surface area contributed by atoms with Crippen LogP contribution in [0.15, 0.2) is 37.0 Å². The molecule has 1 atom stereocenters. The van der Waals surface area contributed by atoms with Crippen molar-refractivity contribution in [1.29, 1.82) is 0 Å². The molecule has 1 unspecified atom stereocenters. The number of rotatable bonds is 6. The van der Waals surface area contributed by atoms with Gasteiger partial charge in [0.05, 0.1) is 6.10 Å². The molecule has 0 radical (unpaired) electrons. The Balaban J connectivity index is -0.0000000816. The van der Waals surface area contributed by atoms with Crippen LogP contribution < -0.4 is 0 Å². The Hall–Kier alpha value is -1.08. The van der Waals surface area contributed by atoms with Gasteiger partial charge in [0.15, 0.2) is 0 Å². The second-order valence-electron chi connectivity index (χ2n) is 2.70. The standard InChI is InChI=1S/C11H18O.3CO.Fe/c1-3-5-7-9-11(12)10-8-6-4-2;3*1-2;/h3-4,6,8,10-12H,1,5,7,9H2,2H3;;;;/b6-4+,10-8+;;;;. The molecule has 0 aliphatic rings. The quantitative estimate of drug-likeness (QED) is 0.201. The van der Waals surface area contributed by atoms with Crippen LogP contribution >= 0.6 is 0 Å². The van der Waals surface area contributed by atoms with E-state index in [1.165, 1.54) is 0 Å². The average Bonchev–Trinajstić information content (AvgIpc) is 2.46. The van der Waals surface area contributed by atoms with Crippen LogP contribution in [0.25, 0.3) is 0 Å². The van der Waals surface area contributed by atoms with Crippen molar-refractivity contribution in [1.82, 2.24) is 0 Å². The van der Waals surface area contributed by atoms with E-state index in [-0.39, 0.29) is 23.2 Å². The molecule has 0 saturated carbocycles. The first kappa shape index (κ1) is 30.7. The van der Waals surface area contributed by atoms with E-state index in [1.54, 1.807) is 0 Å². The molecule has 0 aromatic heterocycles. The van der Waals surface area contributed by atoms with Crippen LogP contribution in [-0.4, -0.2) is 11.2 Å². The minimum atomic E-state index is -0.304. The van der Waals surface area contributed by atoms with Crippen molar-refractivity contribution in [2.24, 2.45) is 0 Å². The molecule has 0 bridgehead atoms. The number of aliphatic hydroxyl groups excluding tert-OH is 1. The van der Waals surface area contributed by atoms with Gasteiger partial charge in [-0.25, -0.2) is 0 Å². The molecule has 0 aromatic rings. The molecule has 0 aromatic carbocycles. The molecule has 0 aliphatic carbocycles. The topological polar surface area (TPSA) is 79.9 Å². The third kappa shape index (κ3) is 47.3. The smallest absolute Gasteiger partial charge is 0 e. The number of aliphatic hydroxyl groups is 1. The van der Waals surface area contributed by atoms with Crippen molar-refractivity contribution >= 4 is 0 Å². The minimum Gasteiger partial charge on any atom is 0 e. The summed E-state index contributed by atoms with van der Waals surface area (Å²) >= 11 is 0. The summed E-state index contributed by atoms with van der Waals surface area (Å²) in [5, 5.41) is 9.35. The van der Waals surface area contributed by atoms with Crippen molar-refractivity contribution < 1.29 is 36.1 Å². The van der Waals surface area contributed by atoms with Gasteiger partial charge in [-0.3, -0.25) is 0 Å². The predicted molar refractivity (Wildman–Crippen MR) is 65.8 cm³/mol. The fourth-order valence-corrected chi connectivity index (χ4v) is 0.871. The van der Waals surface area contributed by atoms with Gasteiger partial charge in [-0.2, -0.15) is 0 Å². The van der Waals surface area contributed by atoms with Gasteiger partial charge in [-0.05, 0) is 26.2 Å². The summed E-state index contributed by atoms with van der Waals surface area (Å²) < 4.78 is 22.5. The zero-order chi connectivity index (χ0) is 15.2. The minimum absolute atomic E-state index is 0. The molecule has 106 valence electrons. The van der Waals surface area contributed by atoms with Gasteiger partial charge in [-0.1, -0.05) is 30.4 Å². The summed E-state index contributed by atoms with van der Waals surface area (Å²) in [7, 11) is 0. The largest absolute Gasteiger partial charge is 0 e. The van der Waals surface area contributed by atoms with Crippen molar-refractivity contribution in [3.63, 3.8) is 0 Å². The van der Waals surface area contributed by atoms with Crippen LogP contribution in [0.5, 0.6) is 0 Å². The van der Waals surface area contributed by atoms with E-state index in [4.69, 9.17) is 14.0 Å². The van der Waals surface area contributed by atoms with Gasteiger partial charge in [0.25, 0.3) is 0 Å². The number of unbranched alkanes of at least 4 members (excludes halogenated alkanes) is 1. The summed E-state index contributed by atoms with van der Waals surface area (Å²) in [6.45, 7) is 19.1. The van der Waals surface area contributed by atoms with E-state index in [2.05, 4.69) is 26.5 Å². The first-order valence-corrected chi connectivity index (χ1v) is 5.01. The summed E-state index contributed by atoms with van der Waals surface area (Å²) in [6, 6.07) is 0. The van der Waals surface area contributed by atoms with Crippen LogP contribution in [0.3, 0.4) is 0 Å². The molecule has 0 amide bonds. The third-order valence-corrected chi connectivity index (χ3v) is 1.54. The normalized spacial score (nSPS) is 9.26. The van der Waals surface area contributed by atoms with Gasteiger partial charge >= 0.3 is 33.9 Å². The van der Waals surface area contributed by atoms with Gasteiger partial charge < -0.3 is 5.11 Å². The Labute approximate surface area is 125 Å². The summed E-state index contributed by atoms with van der Waals surface area (Å²) in [5.41, 5.74) is 0. The molecule has 4 nitrogen and oxygen atoms in total. The van der Waals surface area contributed by atoms with Crippen LogP contribution in [0.4, 0.5) is 0 Å². The Kier molecular flexibility index (Phi) is 70.5. The molecular weight excluding hydrogens is 288 g/mol. The fraction of sp³-hybridized carbons (Fsp3) is 0.357. The molecule has 0 spiro atoms. The predicted octanol–water partition coefficient (Wildman–Crippen LogP) is 2.72. The third-order valence-electron chi connectivity index (χ3n) is 1.54. The van der Waals surface area contributed by atoms with Crippen LogP contribution in [0.1, 0.15) is 26.2 Å². The van der Waals surface area contributed by atoms with Crippen LogP contribution in [0, 0.1) is 20.0 Å². The van der Waals surface area contributed by atoms with Crippen molar-refractivity contribution in [2.45, 2.75) is 32.3 Å². The maximum Gasteiger partial charge on any atom is 0 e. The van der Waals surface area contributed by atoms with Crippen molar-refractivity contribution in [2.75, 3.05) is 0 Å². The maximum absolute atomic E-state index is 9.35. The molecular formula is C14H18FeO4. The average molecular weight is 306 g/mol. The fourth-order valence-electron chi connectivity index (χ4n) is 0.871. The molecule has 0 fully saturated rings. The molecule has 0 saturated heterocycles. The summed E-state index contributed by atoms with van der Waals surface area (Å²) in [6.07, 6.45) is 11.9. The van der Waals surface area contributed by atoms with E-state index < -0.39 is 0 Å². The first-order valence-electron chi connectivity index (χ1n) is 5.01.